The van der Waals surface area contributed by atoms with Crippen molar-refractivity contribution in [2.24, 2.45) is 10.9 Å². The van der Waals surface area contributed by atoms with Crippen molar-refractivity contribution in [3.8, 4) is 0 Å². The second-order valence-corrected chi connectivity index (χ2v) is 11.6. The van der Waals surface area contributed by atoms with Crippen molar-refractivity contribution in [1.29, 1.82) is 0 Å². The van der Waals surface area contributed by atoms with Gasteiger partial charge < -0.3 is 15.1 Å². The van der Waals surface area contributed by atoms with Gasteiger partial charge in [0.2, 0.25) is 0 Å². The highest BCUT2D eigenvalue weighted by molar-refractivity contribution is 14.0. The number of rotatable bonds is 6. The third-order valence-electron chi connectivity index (χ3n) is 6.11. The van der Waals surface area contributed by atoms with Gasteiger partial charge in [0.1, 0.15) is 0 Å². The summed E-state index contributed by atoms with van der Waals surface area (Å²) in [5, 5.41) is 3.37. The van der Waals surface area contributed by atoms with Crippen molar-refractivity contribution in [2.75, 3.05) is 51.6 Å². The summed E-state index contributed by atoms with van der Waals surface area (Å²) in [6, 6.07) is 10.7. The van der Waals surface area contributed by atoms with E-state index in [2.05, 4.69) is 52.4 Å². The summed E-state index contributed by atoms with van der Waals surface area (Å²) in [5.41, 5.74) is 1.39. The number of nitrogens with one attached hydrogen (secondary N) is 1. The van der Waals surface area contributed by atoms with E-state index in [1.165, 1.54) is 12.0 Å². The van der Waals surface area contributed by atoms with Gasteiger partial charge in [-0.2, -0.15) is 0 Å². The van der Waals surface area contributed by atoms with Gasteiger partial charge in [-0.1, -0.05) is 30.3 Å². The van der Waals surface area contributed by atoms with Crippen LogP contribution in [0.15, 0.2) is 35.3 Å². The van der Waals surface area contributed by atoms with E-state index >= 15 is 0 Å². The fourth-order valence-electron chi connectivity index (χ4n) is 4.16. The molecule has 1 atom stereocenters. The van der Waals surface area contributed by atoms with Crippen LogP contribution in [-0.4, -0.2) is 80.5 Å². The van der Waals surface area contributed by atoms with Gasteiger partial charge in [0.25, 0.3) is 0 Å². The number of aliphatic imine (C=N–C) groups is 1. The zero-order valence-electron chi connectivity index (χ0n) is 18.5. The number of hydrogen-bond acceptors (Lipinski definition) is 4. The summed E-state index contributed by atoms with van der Waals surface area (Å²) >= 11 is 0. The van der Waals surface area contributed by atoms with Crippen LogP contribution in [0.5, 0.6) is 0 Å². The molecule has 0 aliphatic carbocycles. The van der Waals surface area contributed by atoms with E-state index in [9.17, 15) is 8.42 Å². The van der Waals surface area contributed by atoms with Crippen molar-refractivity contribution in [3.05, 3.63) is 35.9 Å². The first-order valence-electron chi connectivity index (χ1n) is 10.8. The second kappa shape index (κ2) is 11.1. The van der Waals surface area contributed by atoms with E-state index in [1.807, 2.05) is 13.8 Å². The topological polar surface area (TPSA) is 65.0 Å². The van der Waals surface area contributed by atoms with Crippen molar-refractivity contribution in [2.45, 2.75) is 38.4 Å². The van der Waals surface area contributed by atoms with E-state index in [1.54, 1.807) is 0 Å². The molecule has 3 rings (SSSR count). The molecule has 2 aliphatic heterocycles. The van der Waals surface area contributed by atoms with Crippen LogP contribution in [0.25, 0.3) is 0 Å². The maximum absolute atomic E-state index is 12.3. The average Bonchev–Trinajstić information content (AvgIpc) is 3.14. The quantitative estimate of drug-likeness (QED) is 0.337. The molecule has 6 nitrogen and oxygen atoms in total. The van der Waals surface area contributed by atoms with Gasteiger partial charge in [-0.15, -0.1) is 24.0 Å². The fraction of sp³-hybridized carbons (Fsp3) is 0.682. The zero-order chi connectivity index (χ0) is 20.9. The summed E-state index contributed by atoms with van der Waals surface area (Å²) in [4.78, 5) is 9.55. The van der Waals surface area contributed by atoms with Gasteiger partial charge in [0, 0.05) is 39.3 Å². The first-order valence-corrected chi connectivity index (χ1v) is 12.5. The Bertz CT molecular complexity index is 799. The first-order chi connectivity index (χ1) is 13.8. The minimum Gasteiger partial charge on any atom is -0.357 e. The molecule has 1 N–H and O–H groups in total. The van der Waals surface area contributed by atoms with Crippen LogP contribution in [0, 0.1) is 5.92 Å². The molecule has 0 amide bonds. The highest BCUT2D eigenvalue weighted by Crippen LogP contribution is 2.24. The molecule has 2 heterocycles. The molecule has 0 aromatic heterocycles. The van der Waals surface area contributed by atoms with Gasteiger partial charge in [-0.3, -0.25) is 4.99 Å². The lowest BCUT2D eigenvalue weighted by atomic mass is 10.1. The molecular formula is C22H37IN4O2S. The number of guanidine groups is 1. The molecule has 2 aliphatic rings. The van der Waals surface area contributed by atoms with Crippen LogP contribution in [-0.2, 0) is 16.3 Å². The molecule has 0 saturated carbocycles. The average molecular weight is 549 g/mol. The van der Waals surface area contributed by atoms with Crippen molar-refractivity contribution in [1.82, 2.24) is 15.1 Å². The molecule has 1 aromatic carbocycles. The summed E-state index contributed by atoms with van der Waals surface area (Å²) in [7, 11) is -3.04. The molecule has 0 radical (unpaired) electrons. The number of sulfone groups is 1. The molecule has 2 fully saturated rings. The van der Waals surface area contributed by atoms with E-state index < -0.39 is 14.6 Å². The Morgan fingerprint density at radius 3 is 2.63 bits per heavy atom. The van der Waals surface area contributed by atoms with Gasteiger partial charge >= 0.3 is 0 Å². The largest absolute Gasteiger partial charge is 0.357 e. The maximum Gasteiger partial charge on any atom is 0.194 e. The summed E-state index contributed by atoms with van der Waals surface area (Å²) in [6.45, 7) is 11.6. The lowest BCUT2D eigenvalue weighted by molar-refractivity contribution is 0.328. The van der Waals surface area contributed by atoms with Crippen molar-refractivity contribution < 1.29 is 8.42 Å². The van der Waals surface area contributed by atoms with Crippen LogP contribution in [0.4, 0.5) is 0 Å². The molecular weight excluding hydrogens is 511 g/mol. The van der Waals surface area contributed by atoms with E-state index in [0.717, 1.165) is 45.1 Å². The molecule has 0 bridgehead atoms. The van der Waals surface area contributed by atoms with Gasteiger partial charge in [0.15, 0.2) is 15.8 Å². The summed E-state index contributed by atoms with van der Waals surface area (Å²) in [6.07, 6.45) is 2.27. The number of hydrogen-bond donors (Lipinski definition) is 1. The Labute approximate surface area is 199 Å². The lowest BCUT2D eigenvalue weighted by Crippen LogP contribution is -2.57. The number of nitrogens with zero attached hydrogens (tertiary/aromatic N) is 3. The van der Waals surface area contributed by atoms with Crippen LogP contribution in [0.1, 0.15) is 32.8 Å². The van der Waals surface area contributed by atoms with Crippen LogP contribution in [0.3, 0.4) is 0 Å². The molecule has 170 valence electrons. The van der Waals surface area contributed by atoms with E-state index in [0.29, 0.717) is 19.0 Å². The van der Waals surface area contributed by atoms with Crippen LogP contribution in [0.2, 0.25) is 0 Å². The molecule has 30 heavy (non-hydrogen) atoms. The minimum atomic E-state index is -3.04. The zero-order valence-corrected chi connectivity index (χ0v) is 21.7. The highest BCUT2D eigenvalue weighted by atomic mass is 127. The first kappa shape index (κ1) is 25.4. The van der Waals surface area contributed by atoms with Gasteiger partial charge in [-0.25, -0.2) is 8.42 Å². The third-order valence-corrected chi connectivity index (χ3v) is 8.64. The predicted octanol–water partition coefficient (Wildman–Crippen LogP) is 2.64. The Balaban J connectivity index is 0.00000320. The van der Waals surface area contributed by atoms with Gasteiger partial charge in [0.05, 0.1) is 10.5 Å². The smallest absolute Gasteiger partial charge is 0.194 e. The highest BCUT2D eigenvalue weighted by Gasteiger charge is 2.41. The van der Waals surface area contributed by atoms with E-state index in [-0.39, 0.29) is 29.7 Å². The predicted molar refractivity (Wildman–Crippen MR) is 136 cm³/mol. The SMILES string of the molecule is CCNC(=NCC1CCN(CCc2ccccc2)C1)N1CCS(=O)(=O)C(C)(C)C1.I. The Morgan fingerprint density at radius 1 is 1.23 bits per heavy atom. The number of likely N-dealkylation sites (tertiary alicyclic amines) is 1. The van der Waals surface area contributed by atoms with E-state index in [4.69, 9.17) is 4.99 Å². The molecule has 2 saturated heterocycles. The maximum atomic E-state index is 12.3. The normalized spacial score (nSPS) is 23.8. The number of benzene rings is 1. The van der Waals surface area contributed by atoms with Crippen molar-refractivity contribution in [3.63, 3.8) is 0 Å². The Kier molecular flexibility index (Phi) is 9.42. The third kappa shape index (κ3) is 6.56. The fourth-order valence-corrected chi connectivity index (χ4v) is 5.53. The summed E-state index contributed by atoms with van der Waals surface area (Å²) < 4.78 is 23.9. The Morgan fingerprint density at radius 2 is 1.97 bits per heavy atom. The molecule has 1 aromatic rings. The number of halogens is 1. The van der Waals surface area contributed by atoms with Crippen LogP contribution < -0.4 is 5.32 Å². The van der Waals surface area contributed by atoms with Gasteiger partial charge in [-0.05, 0) is 51.6 Å². The minimum absolute atomic E-state index is 0. The monoisotopic (exact) mass is 548 g/mol. The molecule has 1 unspecified atom stereocenters. The lowest BCUT2D eigenvalue weighted by Gasteiger charge is -2.39. The standard InChI is InChI=1S/C22H36N4O2S.HI/c1-4-23-21(26-14-15-29(27,28)22(2,3)18-26)24-16-20-11-13-25(17-20)12-10-19-8-6-5-7-9-19;/h5-9,20H,4,10-18H2,1-3H3,(H,23,24);1H. The van der Waals surface area contributed by atoms with Crippen LogP contribution >= 0.6 is 24.0 Å². The molecule has 0 spiro atoms. The second-order valence-electron chi connectivity index (χ2n) is 8.89. The molecule has 8 heteroatoms. The van der Waals surface area contributed by atoms with Crippen molar-refractivity contribution >= 4 is 39.8 Å². The summed E-state index contributed by atoms with van der Waals surface area (Å²) in [5.74, 6) is 1.63. The Hall–Kier alpha value is -0.870.